The molecule has 0 saturated heterocycles. The smallest absolute Gasteiger partial charge is 0.296 e. The SMILES string of the molecule is CCC(COC)Nc1c(F)cc(Br)cc1[N+](=O)[O-]. The van der Waals surface area contributed by atoms with Gasteiger partial charge >= 0.3 is 0 Å². The topological polar surface area (TPSA) is 64.4 Å². The second-order valence-corrected chi connectivity index (χ2v) is 4.66. The maximum absolute atomic E-state index is 13.8. The van der Waals surface area contributed by atoms with Crippen LogP contribution in [0.5, 0.6) is 0 Å². The molecular weight excluding hydrogens is 307 g/mol. The minimum Gasteiger partial charge on any atom is -0.383 e. The molecule has 0 aliphatic carbocycles. The predicted molar refractivity (Wildman–Crippen MR) is 70.3 cm³/mol. The maximum atomic E-state index is 13.8. The Labute approximate surface area is 113 Å². The Balaban J connectivity index is 3.10. The molecule has 5 nitrogen and oxygen atoms in total. The van der Waals surface area contributed by atoms with E-state index in [4.69, 9.17) is 4.74 Å². The van der Waals surface area contributed by atoms with Gasteiger partial charge in [-0.05, 0) is 12.5 Å². The number of nitrogens with zero attached hydrogens (tertiary/aromatic N) is 1. The van der Waals surface area contributed by atoms with Crippen LogP contribution in [0.25, 0.3) is 0 Å². The van der Waals surface area contributed by atoms with Crippen LogP contribution in [0.4, 0.5) is 15.8 Å². The second kappa shape index (κ2) is 6.65. The molecule has 0 aliphatic rings. The molecule has 18 heavy (non-hydrogen) atoms. The fourth-order valence-electron chi connectivity index (χ4n) is 1.51. The van der Waals surface area contributed by atoms with Gasteiger partial charge in [0.1, 0.15) is 5.69 Å². The Kier molecular flexibility index (Phi) is 5.49. The van der Waals surface area contributed by atoms with E-state index in [0.717, 1.165) is 0 Å². The molecule has 1 rings (SSSR count). The fraction of sp³-hybridized carbons (Fsp3) is 0.455. The number of benzene rings is 1. The molecule has 1 unspecified atom stereocenters. The van der Waals surface area contributed by atoms with Crippen LogP contribution >= 0.6 is 15.9 Å². The van der Waals surface area contributed by atoms with Crippen molar-refractivity contribution in [1.29, 1.82) is 0 Å². The number of nitro benzene ring substituents is 1. The highest BCUT2D eigenvalue weighted by Gasteiger charge is 2.21. The minimum absolute atomic E-state index is 0.105. The van der Waals surface area contributed by atoms with Gasteiger partial charge in [-0.1, -0.05) is 22.9 Å². The summed E-state index contributed by atoms with van der Waals surface area (Å²) in [5, 5.41) is 13.7. The maximum Gasteiger partial charge on any atom is 0.296 e. The van der Waals surface area contributed by atoms with Gasteiger partial charge in [-0.15, -0.1) is 0 Å². The summed E-state index contributed by atoms with van der Waals surface area (Å²) in [5.41, 5.74) is -0.400. The van der Waals surface area contributed by atoms with Crippen LogP contribution in [0.3, 0.4) is 0 Å². The molecule has 1 atom stereocenters. The highest BCUT2D eigenvalue weighted by Crippen LogP contribution is 2.32. The predicted octanol–water partition coefficient (Wildman–Crippen LogP) is 3.33. The van der Waals surface area contributed by atoms with E-state index >= 15 is 0 Å². The van der Waals surface area contributed by atoms with Crippen molar-refractivity contribution in [3.05, 3.63) is 32.5 Å². The van der Waals surface area contributed by atoms with E-state index in [9.17, 15) is 14.5 Å². The van der Waals surface area contributed by atoms with Crippen molar-refractivity contribution in [1.82, 2.24) is 0 Å². The average molecular weight is 321 g/mol. The zero-order chi connectivity index (χ0) is 13.7. The van der Waals surface area contributed by atoms with E-state index in [1.807, 2.05) is 6.92 Å². The van der Waals surface area contributed by atoms with Crippen LogP contribution in [-0.4, -0.2) is 24.7 Å². The van der Waals surface area contributed by atoms with Gasteiger partial charge in [0, 0.05) is 23.7 Å². The number of halogens is 2. The zero-order valence-corrected chi connectivity index (χ0v) is 11.7. The van der Waals surface area contributed by atoms with Gasteiger partial charge < -0.3 is 10.1 Å². The molecular formula is C11H14BrFN2O3. The molecule has 0 bridgehead atoms. The summed E-state index contributed by atoms with van der Waals surface area (Å²) in [6.07, 6.45) is 0.667. The molecule has 100 valence electrons. The number of hydrogen-bond acceptors (Lipinski definition) is 4. The van der Waals surface area contributed by atoms with E-state index in [-0.39, 0.29) is 17.4 Å². The van der Waals surface area contributed by atoms with Gasteiger partial charge in [0.2, 0.25) is 0 Å². The molecule has 0 heterocycles. The third-order valence-corrected chi connectivity index (χ3v) is 2.90. The molecule has 1 N–H and O–H groups in total. The van der Waals surface area contributed by atoms with Crippen LogP contribution in [0, 0.1) is 15.9 Å². The van der Waals surface area contributed by atoms with Gasteiger partial charge in [0.25, 0.3) is 5.69 Å². The highest BCUT2D eigenvalue weighted by molar-refractivity contribution is 9.10. The summed E-state index contributed by atoms with van der Waals surface area (Å²) in [7, 11) is 1.52. The molecule has 1 aromatic carbocycles. The summed E-state index contributed by atoms with van der Waals surface area (Å²) < 4.78 is 19.1. The van der Waals surface area contributed by atoms with Crippen LogP contribution in [0.15, 0.2) is 16.6 Å². The highest BCUT2D eigenvalue weighted by atomic mass is 79.9. The Morgan fingerprint density at radius 2 is 2.28 bits per heavy atom. The lowest BCUT2D eigenvalue weighted by Crippen LogP contribution is -2.25. The minimum atomic E-state index is -0.661. The molecule has 0 radical (unpaired) electrons. The van der Waals surface area contributed by atoms with Crippen molar-refractivity contribution in [3.63, 3.8) is 0 Å². The first-order valence-electron chi connectivity index (χ1n) is 5.38. The first kappa shape index (κ1) is 14.8. The number of methoxy groups -OCH3 is 1. The van der Waals surface area contributed by atoms with Gasteiger partial charge in [0.05, 0.1) is 11.5 Å². The van der Waals surface area contributed by atoms with Gasteiger partial charge in [-0.25, -0.2) is 4.39 Å². The van der Waals surface area contributed by atoms with E-state index < -0.39 is 10.7 Å². The number of hydrogen-bond donors (Lipinski definition) is 1. The van der Waals surface area contributed by atoms with E-state index in [0.29, 0.717) is 17.5 Å². The van der Waals surface area contributed by atoms with Crippen LogP contribution in [0.2, 0.25) is 0 Å². The normalized spacial score (nSPS) is 12.2. The average Bonchev–Trinajstić information content (AvgIpc) is 2.30. The van der Waals surface area contributed by atoms with E-state index in [1.54, 1.807) is 0 Å². The summed E-state index contributed by atoms with van der Waals surface area (Å²) in [6.45, 7) is 2.24. The third kappa shape index (κ3) is 3.64. The lowest BCUT2D eigenvalue weighted by molar-refractivity contribution is -0.384. The molecule has 0 fully saturated rings. The Bertz CT molecular complexity index is 443. The molecule has 0 spiro atoms. The van der Waals surface area contributed by atoms with E-state index in [2.05, 4.69) is 21.2 Å². The fourth-order valence-corrected chi connectivity index (χ4v) is 1.93. The lowest BCUT2D eigenvalue weighted by Gasteiger charge is -2.17. The first-order chi connectivity index (χ1) is 8.49. The van der Waals surface area contributed by atoms with Crippen LogP contribution in [0.1, 0.15) is 13.3 Å². The molecule has 7 heteroatoms. The number of ether oxygens (including phenoxy) is 1. The van der Waals surface area contributed by atoms with Crippen LogP contribution in [-0.2, 0) is 4.74 Å². The summed E-state index contributed by atoms with van der Waals surface area (Å²) >= 11 is 3.03. The lowest BCUT2D eigenvalue weighted by atomic mass is 10.2. The second-order valence-electron chi connectivity index (χ2n) is 3.74. The van der Waals surface area contributed by atoms with Gasteiger partial charge in [0.15, 0.2) is 5.82 Å². The van der Waals surface area contributed by atoms with Crippen molar-refractivity contribution < 1.29 is 14.1 Å². The molecule has 0 saturated carbocycles. The summed E-state index contributed by atoms with van der Waals surface area (Å²) in [5.74, 6) is -0.661. The van der Waals surface area contributed by atoms with Gasteiger partial charge in [-0.3, -0.25) is 10.1 Å². The van der Waals surface area contributed by atoms with Crippen molar-refractivity contribution >= 4 is 27.3 Å². The summed E-state index contributed by atoms with van der Waals surface area (Å²) in [4.78, 5) is 10.3. The molecule has 0 aliphatic heterocycles. The van der Waals surface area contributed by atoms with Gasteiger partial charge in [-0.2, -0.15) is 0 Å². The zero-order valence-electron chi connectivity index (χ0n) is 10.1. The van der Waals surface area contributed by atoms with E-state index in [1.165, 1.54) is 19.2 Å². The van der Waals surface area contributed by atoms with Crippen molar-refractivity contribution in [2.45, 2.75) is 19.4 Å². The first-order valence-corrected chi connectivity index (χ1v) is 6.17. The van der Waals surface area contributed by atoms with Crippen molar-refractivity contribution in [3.8, 4) is 0 Å². The number of nitrogens with one attached hydrogen (secondary N) is 1. The van der Waals surface area contributed by atoms with Crippen molar-refractivity contribution in [2.75, 3.05) is 19.0 Å². The molecule has 0 aromatic heterocycles. The quantitative estimate of drug-likeness (QED) is 0.645. The Morgan fingerprint density at radius 3 is 2.78 bits per heavy atom. The van der Waals surface area contributed by atoms with Crippen LogP contribution < -0.4 is 5.32 Å². The molecule has 0 amide bonds. The number of nitro groups is 1. The Morgan fingerprint density at radius 1 is 1.61 bits per heavy atom. The molecule has 1 aromatic rings. The largest absolute Gasteiger partial charge is 0.383 e. The van der Waals surface area contributed by atoms with Crippen molar-refractivity contribution in [2.24, 2.45) is 0 Å². The standard InChI is InChI=1S/C11H14BrFN2O3/c1-3-8(6-18-2)14-11-9(13)4-7(12)5-10(11)15(16)17/h4-5,8,14H,3,6H2,1-2H3. The Hall–Kier alpha value is -1.21. The monoisotopic (exact) mass is 320 g/mol. The number of anilines is 1. The summed E-state index contributed by atoms with van der Waals surface area (Å²) in [6, 6.07) is 2.28. The third-order valence-electron chi connectivity index (χ3n) is 2.44. The number of rotatable bonds is 6.